The zero-order valence-corrected chi connectivity index (χ0v) is 9.47. The van der Waals surface area contributed by atoms with Gasteiger partial charge in [0.1, 0.15) is 6.54 Å². The minimum atomic E-state index is -0.941. The lowest BCUT2D eigenvalue weighted by Gasteiger charge is -2.16. The number of nitrogens with one attached hydrogen (secondary N) is 1. The van der Waals surface area contributed by atoms with E-state index < -0.39 is 11.9 Å². The molecule has 1 aromatic carbocycles. The van der Waals surface area contributed by atoms with E-state index in [-0.39, 0.29) is 18.9 Å². The monoisotopic (exact) mass is 248 g/mol. The third-order valence-corrected chi connectivity index (χ3v) is 2.60. The van der Waals surface area contributed by atoms with Crippen LogP contribution < -0.4 is 21.7 Å². The highest BCUT2D eigenvalue weighted by Crippen LogP contribution is 2.29. The predicted molar refractivity (Wildman–Crippen MR) is 64.6 cm³/mol. The number of hydrogen-bond donors (Lipinski definition) is 3. The van der Waals surface area contributed by atoms with Crippen molar-refractivity contribution in [1.29, 1.82) is 0 Å². The van der Waals surface area contributed by atoms with Gasteiger partial charge < -0.3 is 16.4 Å². The molecule has 1 aliphatic rings. The fourth-order valence-electron chi connectivity index (χ4n) is 1.90. The molecule has 0 radical (unpaired) electrons. The molecular weight excluding hydrogens is 236 g/mol. The average Bonchev–Trinajstić information content (AvgIpc) is 2.53. The first kappa shape index (κ1) is 11.9. The summed E-state index contributed by atoms with van der Waals surface area (Å²) in [4.78, 5) is 35.0. The van der Waals surface area contributed by atoms with Gasteiger partial charge in [0.2, 0.25) is 11.8 Å². The second kappa shape index (κ2) is 4.36. The largest absolute Gasteiger partial charge is 0.399 e. The molecule has 1 aromatic rings. The molecule has 4 amide bonds. The Balaban J connectivity index is 2.18. The van der Waals surface area contributed by atoms with E-state index in [9.17, 15) is 14.4 Å². The molecule has 0 aliphatic carbocycles. The Kier molecular flexibility index (Phi) is 2.88. The molecule has 94 valence electrons. The van der Waals surface area contributed by atoms with Crippen LogP contribution >= 0.6 is 0 Å². The van der Waals surface area contributed by atoms with Gasteiger partial charge in [-0.25, -0.2) is 4.79 Å². The minimum Gasteiger partial charge on any atom is -0.399 e. The van der Waals surface area contributed by atoms with E-state index in [4.69, 9.17) is 11.5 Å². The normalized spacial score (nSPS) is 13.3. The molecule has 0 spiro atoms. The number of amides is 4. The zero-order valence-electron chi connectivity index (χ0n) is 9.47. The lowest BCUT2D eigenvalue weighted by atomic mass is 10.1. The highest BCUT2D eigenvalue weighted by molar-refractivity contribution is 6.07. The highest BCUT2D eigenvalue weighted by Gasteiger charge is 2.28. The molecule has 0 fully saturated rings. The maximum atomic E-state index is 11.8. The SMILES string of the molecule is NC(=O)NC(=O)CN1C(=O)Cc2cc(N)ccc21. The van der Waals surface area contributed by atoms with Crippen molar-refractivity contribution in [1.82, 2.24) is 5.32 Å². The van der Waals surface area contributed by atoms with Crippen molar-refractivity contribution < 1.29 is 14.4 Å². The van der Waals surface area contributed by atoms with Crippen LogP contribution in [0, 0.1) is 0 Å². The van der Waals surface area contributed by atoms with Crippen LogP contribution in [0.3, 0.4) is 0 Å². The van der Waals surface area contributed by atoms with Crippen molar-refractivity contribution in [3.63, 3.8) is 0 Å². The summed E-state index contributed by atoms with van der Waals surface area (Å²) < 4.78 is 0. The van der Waals surface area contributed by atoms with Crippen LogP contribution in [0.5, 0.6) is 0 Å². The minimum absolute atomic E-state index is 0.199. The standard InChI is InChI=1S/C11H12N4O3/c12-7-1-2-8-6(3-7)4-10(17)15(8)5-9(16)14-11(13)18/h1-3H,4-5,12H2,(H3,13,14,16,18). The molecule has 0 aromatic heterocycles. The number of nitrogen functional groups attached to an aromatic ring is 1. The quantitative estimate of drug-likeness (QED) is 0.602. The van der Waals surface area contributed by atoms with Gasteiger partial charge in [-0.1, -0.05) is 0 Å². The molecule has 1 heterocycles. The molecule has 7 heteroatoms. The summed E-state index contributed by atoms with van der Waals surface area (Å²) >= 11 is 0. The summed E-state index contributed by atoms with van der Waals surface area (Å²) in [5.74, 6) is -0.837. The molecule has 18 heavy (non-hydrogen) atoms. The number of benzene rings is 1. The van der Waals surface area contributed by atoms with Crippen LogP contribution in [0.15, 0.2) is 18.2 Å². The van der Waals surface area contributed by atoms with Gasteiger partial charge in [0, 0.05) is 11.4 Å². The van der Waals surface area contributed by atoms with Crippen LogP contribution in [0.1, 0.15) is 5.56 Å². The summed E-state index contributed by atoms with van der Waals surface area (Å²) in [7, 11) is 0. The third kappa shape index (κ3) is 2.24. The Hall–Kier alpha value is -2.57. The Bertz CT molecular complexity index is 541. The number of carbonyl (C=O) groups is 3. The molecule has 7 nitrogen and oxygen atoms in total. The van der Waals surface area contributed by atoms with E-state index in [2.05, 4.69) is 0 Å². The average molecular weight is 248 g/mol. The van der Waals surface area contributed by atoms with Gasteiger partial charge in [0.25, 0.3) is 0 Å². The lowest BCUT2D eigenvalue weighted by Crippen LogP contribution is -2.43. The van der Waals surface area contributed by atoms with Gasteiger partial charge in [-0.05, 0) is 23.8 Å². The lowest BCUT2D eigenvalue weighted by molar-refractivity contribution is -0.122. The van der Waals surface area contributed by atoms with E-state index in [1.807, 2.05) is 5.32 Å². The number of carbonyl (C=O) groups excluding carboxylic acids is 3. The van der Waals surface area contributed by atoms with Gasteiger partial charge >= 0.3 is 6.03 Å². The molecular formula is C11H12N4O3. The number of hydrogen-bond acceptors (Lipinski definition) is 4. The number of nitrogens with zero attached hydrogens (tertiary/aromatic N) is 1. The van der Waals surface area contributed by atoms with Crippen LogP contribution in [-0.2, 0) is 16.0 Å². The number of fused-ring (bicyclic) bond motifs is 1. The van der Waals surface area contributed by atoms with Crippen LogP contribution in [0.25, 0.3) is 0 Å². The van der Waals surface area contributed by atoms with Crippen molar-refractivity contribution >= 4 is 29.2 Å². The van der Waals surface area contributed by atoms with E-state index in [0.717, 1.165) is 5.56 Å². The topological polar surface area (TPSA) is 119 Å². The second-order valence-corrected chi connectivity index (χ2v) is 3.96. The summed E-state index contributed by atoms with van der Waals surface area (Å²) in [6, 6.07) is 4.08. The number of anilines is 2. The first-order valence-corrected chi connectivity index (χ1v) is 5.25. The van der Waals surface area contributed by atoms with Crippen LogP contribution in [0.2, 0.25) is 0 Å². The van der Waals surface area contributed by atoms with Gasteiger partial charge in [0.15, 0.2) is 0 Å². The van der Waals surface area contributed by atoms with Gasteiger partial charge in [-0.2, -0.15) is 0 Å². The Labute approximate surface area is 103 Å². The maximum Gasteiger partial charge on any atom is 0.318 e. The van der Waals surface area contributed by atoms with Crippen molar-refractivity contribution in [2.45, 2.75) is 6.42 Å². The van der Waals surface area contributed by atoms with E-state index in [1.165, 1.54) is 4.90 Å². The molecule has 1 aliphatic heterocycles. The summed E-state index contributed by atoms with van der Waals surface area (Å²) in [5, 5.41) is 1.91. The van der Waals surface area contributed by atoms with E-state index in [0.29, 0.717) is 11.4 Å². The smallest absolute Gasteiger partial charge is 0.318 e. The number of rotatable bonds is 2. The van der Waals surface area contributed by atoms with Crippen molar-refractivity contribution in [2.24, 2.45) is 5.73 Å². The fraction of sp³-hybridized carbons (Fsp3) is 0.182. The van der Waals surface area contributed by atoms with E-state index in [1.54, 1.807) is 18.2 Å². The molecule has 5 N–H and O–H groups in total. The molecule has 2 rings (SSSR count). The molecule has 0 unspecified atom stereocenters. The predicted octanol–water partition coefficient (Wildman–Crippen LogP) is -0.647. The zero-order chi connectivity index (χ0) is 13.3. The number of urea groups is 1. The van der Waals surface area contributed by atoms with Crippen molar-refractivity contribution in [3.05, 3.63) is 23.8 Å². The summed E-state index contributed by atoms with van der Waals surface area (Å²) in [6.07, 6.45) is 0.199. The van der Waals surface area contributed by atoms with Gasteiger partial charge in [-0.15, -0.1) is 0 Å². The first-order valence-electron chi connectivity index (χ1n) is 5.25. The van der Waals surface area contributed by atoms with Gasteiger partial charge in [-0.3, -0.25) is 14.9 Å². The first-order chi connectivity index (χ1) is 8.47. The Morgan fingerprint density at radius 3 is 2.78 bits per heavy atom. The van der Waals surface area contributed by atoms with E-state index >= 15 is 0 Å². The molecule has 0 bridgehead atoms. The van der Waals surface area contributed by atoms with Crippen LogP contribution in [0.4, 0.5) is 16.2 Å². The van der Waals surface area contributed by atoms with Crippen molar-refractivity contribution in [2.75, 3.05) is 17.2 Å². The number of primary amides is 1. The summed E-state index contributed by atoms with van der Waals surface area (Å²) in [5.41, 5.74) is 12.4. The third-order valence-electron chi connectivity index (χ3n) is 2.60. The van der Waals surface area contributed by atoms with Gasteiger partial charge in [0.05, 0.1) is 6.42 Å². The van der Waals surface area contributed by atoms with Crippen LogP contribution in [-0.4, -0.2) is 24.4 Å². The summed E-state index contributed by atoms with van der Waals surface area (Å²) in [6.45, 7) is -0.237. The highest BCUT2D eigenvalue weighted by atomic mass is 16.2. The molecule has 0 atom stereocenters. The Morgan fingerprint density at radius 1 is 1.39 bits per heavy atom. The number of nitrogens with two attached hydrogens (primary N) is 2. The maximum absolute atomic E-state index is 11.8. The molecule has 0 saturated heterocycles. The van der Waals surface area contributed by atoms with Crippen molar-refractivity contribution in [3.8, 4) is 0 Å². The fourth-order valence-corrected chi connectivity index (χ4v) is 1.90. The molecule has 0 saturated carbocycles. The number of imide groups is 1. The second-order valence-electron chi connectivity index (χ2n) is 3.96. The Morgan fingerprint density at radius 2 is 2.11 bits per heavy atom.